The molecule has 3 aliphatic carbocycles. The van der Waals surface area contributed by atoms with Crippen LogP contribution in [0.15, 0.2) is 103 Å². The zero-order chi connectivity index (χ0) is 30.8. The third-order valence-corrected chi connectivity index (χ3v) is 10.3. The van der Waals surface area contributed by atoms with Gasteiger partial charge in [0.25, 0.3) is 5.69 Å². The molecule has 2 amide bonds. The van der Waals surface area contributed by atoms with Gasteiger partial charge in [0, 0.05) is 18.6 Å². The minimum Gasteiger partial charge on any atom is -0.459 e. The van der Waals surface area contributed by atoms with Crippen molar-refractivity contribution in [1.82, 2.24) is 4.90 Å². The van der Waals surface area contributed by atoms with E-state index in [-0.39, 0.29) is 18.7 Å². The number of ether oxygens (including phenoxy) is 1. The molecule has 220 valence electrons. The molecular weight excluding hydrogens is 603 g/mol. The van der Waals surface area contributed by atoms with Crippen LogP contribution in [0.4, 0.5) is 5.69 Å². The van der Waals surface area contributed by atoms with Gasteiger partial charge in [-0.05, 0) is 45.5 Å². The summed E-state index contributed by atoms with van der Waals surface area (Å²) in [5.74, 6) is -4.07. The Kier molecular flexibility index (Phi) is 6.60. The molecule has 4 aromatic rings. The molecule has 10 heteroatoms. The average molecular weight is 627 g/mol. The second-order valence-electron chi connectivity index (χ2n) is 11.3. The van der Waals surface area contributed by atoms with E-state index in [1.807, 2.05) is 54.6 Å². The van der Waals surface area contributed by atoms with Crippen LogP contribution in [0.2, 0.25) is 0 Å². The summed E-state index contributed by atoms with van der Waals surface area (Å²) in [4.78, 5) is 51.6. The van der Waals surface area contributed by atoms with Crippen molar-refractivity contribution in [3.05, 3.63) is 147 Å². The molecule has 8 rings (SSSR count). The monoisotopic (exact) mass is 626 g/mol. The van der Waals surface area contributed by atoms with Crippen LogP contribution in [0, 0.1) is 22.0 Å². The van der Waals surface area contributed by atoms with Crippen LogP contribution in [0.3, 0.4) is 0 Å². The Morgan fingerprint density at radius 2 is 1.20 bits per heavy atom. The van der Waals surface area contributed by atoms with E-state index in [1.54, 1.807) is 24.3 Å². The van der Waals surface area contributed by atoms with Gasteiger partial charge in [-0.25, -0.2) is 4.79 Å². The maximum Gasteiger partial charge on any atom is 0.330 e. The highest BCUT2D eigenvalue weighted by molar-refractivity contribution is 6.36. The van der Waals surface area contributed by atoms with Crippen molar-refractivity contribution in [3.63, 3.8) is 0 Å². The number of nitrogens with zero attached hydrogens (tertiary/aromatic N) is 2. The van der Waals surface area contributed by atoms with Gasteiger partial charge in [-0.15, -0.1) is 23.2 Å². The molecule has 4 aliphatic rings. The van der Waals surface area contributed by atoms with Crippen LogP contribution >= 0.6 is 23.2 Å². The molecule has 0 N–H and O–H groups in total. The first-order valence-electron chi connectivity index (χ1n) is 14.1. The second kappa shape index (κ2) is 10.3. The molecule has 0 aromatic heterocycles. The van der Waals surface area contributed by atoms with Gasteiger partial charge in [-0.3, -0.25) is 24.6 Å². The fourth-order valence-electron chi connectivity index (χ4n) is 7.08. The number of amides is 2. The van der Waals surface area contributed by atoms with Crippen LogP contribution in [-0.2, 0) is 41.9 Å². The van der Waals surface area contributed by atoms with E-state index >= 15 is 0 Å². The van der Waals surface area contributed by atoms with Crippen molar-refractivity contribution in [2.75, 3.05) is 0 Å². The minimum absolute atomic E-state index is 0.0152. The number of benzene rings is 4. The summed E-state index contributed by atoms with van der Waals surface area (Å²) in [5, 5.41) is 11.0. The largest absolute Gasteiger partial charge is 0.459 e. The van der Waals surface area contributed by atoms with Gasteiger partial charge in [0.15, 0.2) is 0 Å². The first-order chi connectivity index (χ1) is 21.2. The summed E-state index contributed by atoms with van der Waals surface area (Å²) >= 11 is 15.1. The predicted molar refractivity (Wildman–Crippen MR) is 162 cm³/mol. The lowest BCUT2D eigenvalue weighted by molar-refractivity contribution is -0.384. The Balaban J connectivity index is 1.29. The normalized spacial score (nSPS) is 25.2. The van der Waals surface area contributed by atoms with E-state index in [1.165, 1.54) is 24.3 Å². The van der Waals surface area contributed by atoms with E-state index in [2.05, 4.69) is 0 Å². The van der Waals surface area contributed by atoms with E-state index in [4.69, 9.17) is 27.9 Å². The summed E-state index contributed by atoms with van der Waals surface area (Å²) in [6.07, 6.45) is 0.0152. The molecule has 1 heterocycles. The number of alkyl halides is 2. The third-order valence-electron chi connectivity index (χ3n) is 9.00. The third kappa shape index (κ3) is 3.94. The molecule has 4 aromatic carbocycles. The lowest BCUT2D eigenvalue weighted by atomic mass is 9.54. The molecule has 8 nitrogen and oxygen atoms in total. The quantitative estimate of drug-likeness (QED) is 0.0838. The van der Waals surface area contributed by atoms with Crippen LogP contribution in [-0.4, -0.2) is 33.6 Å². The summed E-state index contributed by atoms with van der Waals surface area (Å²) in [6, 6.07) is 28.0. The molecule has 2 bridgehead atoms. The first kappa shape index (κ1) is 28.3. The topological polar surface area (TPSA) is 107 Å². The van der Waals surface area contributed by atoms with Gasteiger partial charge in [-0.1, -0.05) is 78.9 Å². The summed E-state index contributed by atoms with van der Waals surface area (Å²) in [5.41, 5.74) is 3.80. The van der Waals surface area contributed by atoms with Gasteiger partial charge in [0.2, 0.25) is 11.8 Å². The van der Waals surface area contributed by atoms with E-state index < -0.39 is 50.3 Å². The zero-order valence-electron chi connectivity index (χ0n) is 23.1. The number of esters is 1. The molecule has 1 saturated heterocycles. The fourth-order valence-corrected chi connectivity index (χ4v) is 8.18. The smallest absolute Gasteiger partial charge is 0.330 e. The molecule has 1 aliphatic heterocycles. The zero-order valence-corrected chi connectivity index (χ0v) is 24.6. The first-order valence-corrected chi connectivity index (χ1v) is 14.8. The minimum atomic E-state index is -1.38. The molecule has 44 heavy (non-hydrogen) atoms. The number of nitro groups is 1. The van der Waals surface area contributed by atoms with Crippen molar-refractivity contribution < 1.29 is 24.0 Å². The summed E-state index contributed by atoms with van der Waals surface area (Å²) in [7, 11) is 0. The molecule has 0 saturated carbocycles. The Morgan fingerprint density at radius 1 is 0.750 bits per heavy atom. The number of hydrogen-bond donors (Lipinski definition) is 0. The molecule has 3 atom stereocenters. The van der Waals surface area contributed by atoms with Crippen LogP contribution < -0.4 is 0 Å². The number of hydrogen-bond acceptors (Lipinski definition) is 6. The highest BCUT2D eigenvalue weighted by Crippen LogP contribution is 2.69. The van der Waals surface area contributed by atoms with Crippen molar-refractivity contribution in [2.24, 2.45) is 11.8 Å². The average Bonchev–Trinajstić information content (AvgIpc) is 3.32. The maximum absolute atomic E-state index is 14.5. The van der Waals surface area contributed by atoms with Crippen LogP contribution in [0.5, 0.6) is 0 Å². The van der Waals surface area contributed by atoms with Crippen molar-refractivity contribution in [3.8, 4) is 0 Å². The molecule has 1 fully saturated rings. The molecule has 0 unspecified atom stereocenters. The Bertz CT molecular complexity index is 1720. The van der Waals surface area contributed by atoms with Crippen molar-refractivity contribution in [1.29, 1.82) is 0 Å². The summed E-state index contributed by atoms with van der Waals surface area (Å²) < 4.78 is 5.65. The van der Waals surface area contributed by atoms with Crippen molar-refractivity contribution >= 4 is 46.7 Å². The van der Waals surface area contributed by atoms with Gasteiger partial charge in [0.05, 0.1) is 16.8 Å². The lowest BCUT2D eigenvalue weighted by Gasteiger charge is -2.54. The van der Waals surface area contributed by atoms with Crippen LogP contribution in [0.25, 0.3) is 0 Å². The highest BCUT2D eigenvalue weighted by atomic mass is 35.5. The number of rotatable bonds is 7. The van der Waals surface area contributed by atoms with E-state index in [9.17, 15) is 24.5 Å². The van der Waals surface area contributed by atoms with E-state index in [0.717, 1.165) is 10.5 Å². The van der Waals surface area contributed by atoms with Gasteiger partial charge >= 0.3 is 5.97 Å². The number of imide groups is 1. The van der Waals surface area contributed by atoms with E-state index in [0.29, 0.717) is 27.8 Å². The highest BCUT2D eigenvalue weighted by Gasteiger charge is 2.73. The number of nitro benzene ring substituents is 1. The van der Waals surface area contributed by atoms with Gasteiger partial charge in [-0.2, -0.15) is 0 Å². The number of carbonyl (C=O) groups excluding carboxylic acids is 3. The predicted octanol–water partition coefficient (Wildman–Crippen LogP) is 5.84. The number of halogens is 2. The Morgan fingerprint density at radius 3 is 1.66 bits per heavy atom. The Hall–Kier alpha value is -4.53. The van der Waals surface area contributed by atoms with Crippen LogP contribution in [0.1, 0.15) is 33.4 Å². The number of non-ortho nitro benzene ring substituents is 1. The fraction of sp³-hybridized carbons (Fsp3) is 0.206. The molecule has 0 radical (unpaired) electrons. The maximum atomic E-state index is 14.5. The summed E-state index contributed by atoms with van der Waals surface area (Å²) in [6.45, 7) is -0.207. The standard InChI is InChI=1S/C34H24Cl2N2O6/c35-33-23-10-4-5-11-24(23)34(36,26-13-7-6-12-25(26)33)29-28(33)30(39)37(31(29)40)27(18-20-8-2-1-3-9-20)32(41)44-19-21-14-16-22(17-15-21)38(42)43/h1-17,27-29H,18-19H2/t27-,28-,29-,33?,34?/m0/s1. The van der Waals surface area contributed by atoms with Gasteiger partial charge < -0.3 is 4.74 Å². The second-order valence-corrected chi connectivity index (χ2v) is 12.4. The van der Waals surface area contributed by atoms with Crippen molar-refractivity contribution in [2.45, 2.75) is 28.8 Å². The molecular formula is C34H24Cl2N2O6. The van der Waals surface area contributed by atoms with Gasteiger partial charge in [0.1, 0.15) is 22.4 Å². The SMILES string of the molecule is O=C(OCc1ccc([N+](=O)[O-])cc1)[C@H](Cc1ccccc1)N1C(=O)[C@@H]2[C@@H](C1=O)C1(Cl)c3ccccc3C2(Cl)c2ccccc21. The molecule has 0 spiro atoms. The number of carbonyl (C=O) groups is 3. The number of likely N-dealkylation sites (tertiary alicyclic amines) is 1. The Labute approximate surface area is 262 Å². The lowest BCUT2D eigenvalue weighted by Crippen LogP contribution is -2.57.